The summed E-state index contributed by atoms with van der Waals surface area (Å²) in [6, 6.07) is 2.31. The lowest BCUT2D eigenvalue weighted by molar-refractivity contribution is 0.216. The third kappa shape index (κ3) is 3.37. The van der Waals surface area contributed by atoms with Crippen molar-refractivity contribution < 1.29 is 0 Å². The average Bonchev–Trinajstić information content (AvgIpc) is 2.31. The number of rotatable bonds is 3. The van der Waals surface area contributed by atoms with Crippen molar-refractivity contribution in [1.82, 2.24) is 9.97 Å². The zero-order valence-corrected chi connectivity index (χ0v) is 12.5. The topological polar surface area (TPSA) is 63.8 Å². The van der Waals surface area contributed by atoms with E-state index < -0.39 is 0 Å². The number of nitrogens with zero attached hydrogens (tertiary/aromatic N) is 2. The van der Waals surface area contributed by atoms with E-state index >= 15 is 0 Å². The van der Waals surface area contributed by atoms with Crippen LogP contribution in [0.1, 0.15) is 65.1 Å². The predicted molar refractivity (Wildman–Crippen MR) is 80.2 cm³/mol. The SMILES string of the molecule is CC(C)c1nc(N)cc(NC2CCCCC2(C)C)n1. The lowest BCUT2D eigenvalue weighted by Crippen LogP contribution is -2.39. The van der Waals surface area contributed by atoms with Crippen LogP contribution in [-0.2, 0) is 0 Å². The Morgan fingerprint density at radius 1 is 1.32 bits per heavy atom. The molecule has 0 bridgehead atoms. The Bertz CT molecular complexity index is 440. The summed E-state index contributed by atoms with van der Waals surface area (Å²) in [5.41, 5.74) is 6.19. The van der Waals surface area contributed by atoms with Crippen molar-refractivity contribution in [2.24, 2.45) is 5.41 Å². The maximum Gasteiger partial charge on any atom is 0.135 e. The number of hydrogen-bond acceptors (Lipinski definition) is 4. The van der Waals surface area contributed by atoms with Crippen LogP contribution < -0.4 is 11.1 Å². The molecule has 4 heteroatoms. The standard InChI is InChI=1S/C15H26N4/c1-10(2)14-18-12(16)9-13(19-14)17-11-7-5-6-8-15(11,3)4/h9-11H,5-8H2,1-4H3,(H3,16,17,18,19). The molecule has 0 radical (unpaired) electrons. The smallest absolute Gasteiger partial charge is 0.135 e. The first kappa shape index (κ1) is 14.1. The second-order valence-electron chi connectivity index (χ2n) is 6.62. The molecule has 1 saturated carbocycles. The van der Waals surface area contributed by atoms with Gasteiger partial charge in [0.15, 0.2) is 0 Å². The number of aromatic nitrogens is 2. The van der Waals surface area contributed by atoms with Crippen LogP contribution in [0.15, 0.2) is 6.07 Å². The zero-order valence-electron chi connectivity index (χ0n) is 12.5. The Labute approximate surface area is 116 Å². The quantitative estimate of drug-likeness (QED) is 0.874. The van der Waals surface area contributed by atoms with Gasteiger partial charge in [-0.2, -0.15) is 0 Å². The molecule has 4 nitrogen and oxygen atoms in total. The summed E-state index contributed by atoms with van der Waals surface area (Å²) in [6.45, 7) is 8.83. The van der Waals surface area contributed by atoms with Crippen LogP contribution in [-0.4, -0.2) is 16.0 Å². The van der Waals surface area contributed by atoms with E-state index in [1.54, 1.807) is 0 Å². The summed E-state index contributed by atoms with van der Waals surface area (Å²) in [5.74, 6) is 2.53. The van der Waals surface area contributed by atoms with Crippen molar-refractivity contribution in [3.8, 4) is 0 Å². The number of nitrogen functional groups attached to an aromatic ring is 1. The number of anilines is 2. The van der Waals surface area contributed by atoms with E-state index in [0.717, 1.165) is 11.6 Å². The average molecular weight is 262 g/mol. The Morgan fingerprint density at radius 3 is 2.68 bits per heavy atom. The highest BCUT2D eigenvalue weighted by Crippen LogP contribution is 2.37. The zero-order chi connectivity index (χ0) is 14.0. The second-order valence-corrected chi connectivity index (χ2v) is 6.62. The van der Waals surface area contributed by atoms with Gasteiger partial charge in [0.1, 0.15) is 17.5 Å². The molecule has 1 aromatic rings. The van der Waals surface area contributed by atoms with Crippen molar-refractivity contribution in [1.29, 1.82) is 0 Å². The molecule has 19 heavy (non-hydrogen) atoms. The summed E-state index contributed by atoms with van der Waals surface area (Å²) < 4.78 is 0. The van der Waals surface area contributed by atoms with Crippen molar-refractivity contribution >= 4 is 11.6 Å². The van der Waals surface area contributed by atoms with Gasteiger partial charge < -0.3 is 11.1 Å². The van der Waals surface area contributed by atoms with Gasteiger partial charge in [0.2, 0.25) is 0 Å². The Hall–Kier alpha value is -1.32. The van der Waals surface area contributed by atoms with Crippen LogP contribution in [0.4, 0.5) is 11.6 Å². The van der Waals surface area contributed by atoms with Crippen LogP contribution in [0.5, 0.6) is 0 Å². The Kier molecular flexibility index (Phi) is 3.97. The molecule has 0 amide bonds. The minimum Gasteiger partial charge on any atom is -0.384 e. The Morgan fingerprint density at radius 2 is 2.05 bits per heavy atom. The summed E-state index contributed by atoms with van der Waals surface area (Å²) in [7, 11) is 0. The van der Waals surface area contributed by atoms with Gasteiger partial charge in [-0.3, -0.25) is 0 Å². The van der Waals surface area contributed by atoms with Crippen LogP contribution in [0.25, 0.3) is 0 Å². The lowest BCUT2D eigenvalue weighted by atomic mass is 9.73. The summed E-state index contributed by atoms with van der Waals surface area (Å²) in [4.78, 5) is 8.88. The normalized spacial score (nSPS) is 22.5. The second kappa shape index (κ2) is 5.35. The fraction of sp³-hybridized carbons (Fsp3) is 0.733. The highest BCUT2D eigenvalue weighted by atomic mass is 15.1. The molecule has 3 N–H and O–H groups in total. The molecular formula is C15H26N4. The monoisotopic (exact) mass is 262 g/mol. The molecule has 0 saturated heterocycles. The summed E-state index contributed by atoms with van der Waals surface area (Å²) in [5, 5.41) is 3.58. The minimum absolute atomic E-state index is 0.295. The van der Waals surface area contributed by atoms with Crippen LogP contribution >= 0.6 is 0 Å². The van der Waals surface area contributed by atoms with E-state index in [1.807, 2.05) is 6.07 Å². The maximum atomic E-state index is 5.88. The van der Waals surface area contributed by atoms with Crippen molar-refractivity contribution in [3.63, 3.8) is 0 Å². The molecule has 1 aliphatic rings. The van der Waals surface area contributed by atoms with E-state index in [-0.39, 0.29) is 0 Å². The van der Waals surface area contributed by atoms with Crippen LogP contribution in [0.2, 0.25) is 0 Å². The summed E-state index contributed by atoms with van der Waals surface area (Å²) >= 11 is 0. The molecule has 1 fully saturated rings. The molecule has 0 aromatic carbocycles. The molecule has 1 unspecified atom stereocenters. The van der Waals surface area contributed by atoms with E-state index in [0.29, 0.717) is 23.2 Å². The highest BCUT2D eigenvalue weighted by molar-refractivity contribution is 5.46. The molecule has 106 valence electrons. The first-order valence-electron chi connectivity index (χ1n) is 7.29. The van der Waals surface area contributed by atoms with E-state index in [9.17, 15) is 0 Å². The third-order valence-corrected chi connectivity index (χ3v) is 4.11. The summed E-state index contributed by atoms with van der Waals surface area (Å²) in [6.07, 6.45) is 5.09. The fourth-order valence-corrected chi connectivity index (χ4v) is 2.76. The van der Waals surface area contributed by atoms with E-state index in [2.05, 4.69) is 43.0 Å². The number of hydrogen-bond donors (Lipinski definition) is 2. The number of nitrogens with two attached hydrogens (primary N) is 1. The van der Waals surface area contributed by atoms with Gasteiger partial charge in [-0.15, -0.1) is 0 Å². The van der Waals surface area contributed by atoms with Crippen LogP contribution in [0.3, 0.4) is 0 Å². The van der Waals surface area contributed by atoms with E-state index in [1.165, 1.54) is 25.7 Å². The van der Waals surface area contributed by atoms with Gasteiger partial charge >= 0.3 is 0 Å². The molecule has 1 aliphatic carbocycles. The third-order valence-electron chi connectivity index (χ3n) is 4.11. The van der Waals surface area contributed by atoms with Crippen LogP contribution in [0, 0.1) is 5.41 Å². The van der Waals surface area contributed by atoms with Gasteiger partial charge in [-0.05, 0) is 18.3 Å². The van der Waals surface area contributed by atoms with E-state index in [4.69, 9.17) is 5.73 Å². The van der Waals surface area contributed by atoms with Gasteiger partial charge in [-0.1, -0.05) is 40.5 Å². The maximum absolute atomic E-state index is 5.88. The highest BCUT2D eigenvalue weighted by Gasteiger charge is 2.32. The molecular weight excluding hydrogens is 236 g/mol. The molecule has 0 aliphatic heterocycles. The first-order valence-corrected chi connectivity index (χ1v) is 7.29. The van der Waals surface area contributed by atoms with Gasteiger partial charge in [0, 0.05) is 18.0 Å². The molecule has 1 heterocycles. The Balaban J connectivity index is 2.18. The molecule has 0 spiro atoms. The lowest BCUT2D eigenvalue weighted by Gasteiger charge is -2.39. The van der Waals surface area contributed by atoms with Crippen molar-refractivity contribution in [2.45, 2.75) is 65.3 Å². The number of nitrogens with one attached hydrogen (secondary N) is 1. The van der Waals surface area contributed by atoms with Crippen molar-refractivity contribution in [3.05, 3.63) is 11.9 Å². The molecule has 1 atom stereocenters. The minimum atomic E-state index is 0.295. The fourth-order valence-electron chi connectivity index (χ4n) is 2.76. The molecule has 1 aromatic heterocycles. The van der Waals surface area contributed by atoms with Gasteiger partial charge in [-0.25, -0.2) is 9.97 Å². The van der Waals surface area contributed by atoms with Gasteiger partial charge in [0.05, 0.1) is 0 Å². The molecule has 2 rings (SSSR count). The first-order chi connectivity index (χ1) is 8.88. The largest absolute Gasteiger partial charge is 0.384 e. The van der Waals surface area contributed by atoms with Crippen molar-refractivity contribution in [2.75, 3.05) is 11.1 Å². The predicted octanol–water partition coefficient (Wildman–Crippen LogP) is 3.56. The van der Waals surface area contributed by atoms with Gasteiger partial charge in [0.25, 0.3) is 0 Å².